The van der Waals surface area contributed by atoms with E-state index >= 15 is 0 Å². The standard InChI is InChI=1S/C30H41N3O3/c1-2-36-20-8-17-31-30(35)27-22-26(32-29(34)25-11-6-7-12-25)13-14-28(27)33-18-15-24(16-19-33)21-23-9-4-3-5-10-23/h3-5,9-10,13-14,22,24-25H,2,6-8,11-12,15-21H2,1H3,(H,31,35)(H,32,34). The molecular weight excluding hydrogens is 450 g/mol. The number of amides is 2. The Labute approximate surface area is 215 Å². The van der Waals surface area contributed by atoms with Gasteiger partial charge in [-0.25, -0.2) is 0 Å². The molecule has 0 radical (unpaired) electrons. The highest BCUT2D eigenvalue weighted by Gasteiger charge is 2.25. The summed E-state index contributed by atoms with van der Waals surface area (Å²) in [7, 11) is 0. The molecule has 1 heterocycles. The van der Waals surface area contributed by atoms with Crippen molar-refractivity contribution in [2.45, 2.75) is 58.3 Å². The number of anilines is 2. The van der Waals surface area contributed by atoms with Crippen LogP contribution in [0.25, 0.3) is 0 Å². The van der Waals surface area contributed by atoms with Crippen LogP contribution in [-0.4, -0.2) is 44.7 Å². The molecule has 6 nitrogen and oxygen atoms in total. The Balaban J connectivity index is 1.43. The number of ether oxygens (including phenoxy) is 1. The predicted molar refractivity (Wildman–Crippen MR) is 146 cm³/mol. The van der Waals surface area contributed by atoms with Crippen molar-refractivity contribution < 1.29 is 14.3 Å². The van der Waals surface area contributed by atoms with Gasteiger partial charge in [-0.2, -0.15) is 0 Å². The maximum Gasteiger partial charge on any atom is 0.253 e. The molecule has 1 saturated carbocycles. The second-order valence-corrected chi connectivity index (χ2v) is 10.1. The minimum atomic E-state index is -0.0927. The molecule has 2 aromatic rings. The summed E-state index contributed by atoms with van der Waals surface area (Å²) in [5.41, 5.74) is 3.69. The molecule has 0 aromatic heterocycles. The molecule has 2 fully saturated rings. The van der Waals surface area contributed by atoms with Crippen molar-refractivity contribution in [2.24, 2.45) is 11.8 Å². The molecule has 1 aliphatic carbocycles. The first-order valence-electron chi connectivity index (χ1n) is 13.7. The average Bonchev–Trinajstić information content (AvgIpc) is 3.45. The van der Waals surface area contributed by atoms with Gasteiger partial charge in [-0.3, -0.25) is 9.59 Å². The minimum absolute atomic E-state index is 0.0741. The molecule has 1 saturated heterocycles. The number of carbonyl (C=O) groups excluding carboxylic acids is 2. The summed E-state index contributed by atoms with van der Waals surface area (Å²) in [5, 5.41) is 6.13. The van der Waals surface area contributed by atoms with Gasteiger partial charge in [-0.15, -0.1) is 0 Å². The molecule has 194 valence electrons. The summed E-state index contributed by atoms with van der Waals surface area (Å²) in [6.45, 7) is 5.71. The molecule has 36 heavy (non-hydrogen) atoms. The van der Waals surface area contributed by atoms with Gasteiger partial charge in [0.05, 0.1) is 5.56 Å². The van der Waals surface area contributed by atoms with Crippen LogP contribution in [0.5, 0.6) is 0 Å². The van der Waals surface area contributed by atoms with Gasteiger partial charge in [0.25, 0.3) is 5.91 Å². The van der Waals surface area contributed by atoms with Crippen LogP contribution in [-0.2, 0) is 16.0 Å². The van der Waals surface area contributed by atoms with Gasteiger partial charge in [-0.1, -0.05) is 43.2 Å². The lowest BCUT2D eigenvalue weighted by Crippen LogP contribution is -2.36. The third-order valence-electron chi connectivity index (χ3n) is 7.51. The fourth-order valence-electron chi connectivity index (χ4n) is 5.44. The second kappa shape index (κ2) is 13.4. The van der Waals surface area contributed by atoms with Gasteiger partial charge in [0.2, 0.25) is 5.91 Å². The molecule has 0 bridgehead atoms. The normalized spacial score (nSPS) is 16.8. The number of nitrogens with zero attached hydrogens (tertiary/aromatic N) is 1. The third-order valence-corrected chi connectivity index (χ3v) is 7.51. The third kappa shape index (κ3) is 7.33. The van der Waals surface area contributed by atoms with Gasteiger partial charge >= 0.3 is 0 Å². The average molecular weight is 492 g/mol. The zero-order chi connectivity index (χ0) is 25.2. The zero-order valence-corrected chi connectivity index (χ0v) is 21.6. The highest BCUT2D eigenvalue weighted by atomic mass is 16.5. The van der Waals surface area contributed by atoms with E-state index in [4.69, 9.17) is 4.74 Å². The van der Waals surface area contributed by atoms with Crippen LogP contribution in [0.3, 0.4) is 0 Å². The largest absolute Gasteiger partial charge is 0.382 e. The smallest absolute Gasteiger partial charge is 0.253 e. The van der Waals surface area contributed by atoms with Gasteiger partial charge in [0.1, 0.15) is 0 Å². The molecule has 6 heteroatoms. The topological polar surface area (TPSA) is 70.7 Å². The number of piperidine rings is 1. The highest BCUT2D eigenvalue weighted by Crippen LogP contribution is 2.31. The number of carbonyl (C=O) groups is 2. The minimum Gasteiger partial charge on any atom is -0.382 e. The number of hydrogen-bond donors (Lipinski definition) is 2. The Morgan fingerprint density at radius 2 is 1.75 bits per heavy atom. The van der Waals surface area contributed by atoms with Crippen molar-refractivity contribution in [3.63, 3.8) is 0 Å². The number of hydrogen-bond acceptors (Lipinski definition) is 4. The van der Waals surface area contributed by atoms with Crippen molar-refractivity contribution in [2.75, 3.05) is 43.1 Å². The quantitative estimate of drug-likeness (QED) is 0.411. The van der Waals surface area contributed by atoms with Crippen molar-refractivity contribution in [3.8, 4) is 0 Å². The fraction of sp³-hybridized carbons (Fsp3) is 0.533. The molecule has 2 amide bonds. The summed E-state index contributed by atoms with van der Waals surface area (Å²) in [5.74, 6) is 0.726. The molecule has 2 N–H and O–H groups in total. The lowest BCUT2D eigenvalue weighted by Gasteiger charge is -2.35. The first-order chi connectivity index (χ1) is 17.6. The van der Waals surface area contributed by atoms with Crippen LogP contribution < -0.4 is 15.5 Å². The van der Waals surface area contributed by atoms with Crippen molar-refractivity contribution in [1.29, 1.82) is 0 Å². The van der Waals surface area contributed by atoms with Crippen molar-refractivity contribution >= 4 is 23.2 Å². The summed E-state index contributed by atoms with van der Waals surface area (Å²) in [6.07, 6.45) is 8.23. The lowest BCUT2D eigenvalue weighted by molar-refractivity contribution is -0.119. The number of benzene rings is 2. The van der Waals surface area contributed by atoms with E-state index in [9.17, 15) is 9.59 Å². The summed E-state index contributed by atoms with van der Waals surface area (Å²) in [4.78, 5) is 28.3. The Kier molecular flexibility index (Phi) is 9.79. The molecule has 1 aliphatic heterocycles. The van der Waals surface area contributed by atoms with E-state index in [1.807, 2.05) is 25.1 Å². The predicted octanol–water partition coefficient (Wildman–Crippen LogP) is 5.43. The molecule has 4 rings (SSSR count). The first-order valence-corrected chi connectivity index (χ1v) is 13.7. The maximum absolute atomic E-state index is 13.2. The molecule has 0 atom stereocenters. The Morgan fingerprint density at radius 3 is 2.47 bits per heavy atom. The SMILES string of the molecule is CCOCCCNC(=O)c1cc(NC(=O)C2CCCC2)ccc1N1CCC(Cc2ccccc2)CC1. The second-order valence-electron chi connectivity index (χ2n) is 10.1. The Hall–Kier alpha value is -2.86. The zero-order valence-electron chi connectivity index (χ0n) is 21.6. The molecule has 2 aromatic carbocycles. The van der Waals surface area contributed by atoms with Crippen molar-refractivity contribution in [3.05, 3.63) is 59.7 Å². The number of nitrogens with one attached hydrogen (secondary N) is 2. The van der Waals surface area contributed by atoms with Crippen LogP contribution in [0, 0.1) is 11.8 Å². The summed E-state index contributed by atoms with van der Waals surface area (Å²) >= 11 is 0. The van der Waals surface area contributed by atoms with Gasteiger partial charge in [-0.05, 0) is 75.1 Å². The van der Waals surface area contributed by atoms with E-state index in [1.165, 1.54) is 5.56 Å². The van der Waals surface area contributed by atoms with Crippen LogP contribution in [0.4, 0.5) is 11.4 Å². The van der Waals surface area contributed by atoms with E-state index in [2.05, 4.69) is 45.9 Å². The Morgan fingerprint density at radius 1 is 1.00 bits per heavy atom. The first kappa shape index (κ1) is 26.2. The fourth-order valence-corrected chi connectivity index (χ4v) is 5.44. The van der Waals surface area contributed by atoms with Gasteiger partial charge in [0.15, 0.2) is 0 Å². The van der Waals surface area contributed by atoms with E-state index in [0.717, 1.165) is 70.1 Å². The summed E-state index contributed by atoms with van der Waals surface area (Å²) < 4.78 is 5.40. The molecule has 0 unspecified atom stereocenters. The van der Waals surface area contributed by atoms with Gasteiger partial charge < -0.3 is 20.3 Å². The van der Waals surface area contributed by atoms with Crippen LogP contribution >= 0.6 is 0 Å². The summed E-state index contributed by atoms with van der Waals surface area (Å²) in [6, 6.07) is 16.5. The van der Waals surface area contributed by atoms with Crippen LogP contribution in [0.1, 0.15) is 67.8 Å². The van der Waals surface area contributed by atoms with Crippen molar-refractivity contribution in [1.82, 2.24) is 5.32 Å². The maximum atomic E-state index is 13.2. The molecule has 2 aliphatic rings. The van der Waals surface area contributed by atoms with E-state index in [0.29, 0.717) is 36.9 Å². The monoisotopic (exact) mass is 491 g/mol. The van der Waals surface area contributed by atoms with Crippen LogP contribution in [0.2, 0.25) is 0 Å². The molecule has 0 spiro atoms. The molecular formula is C30H41N3O3. The Bertz CT molecular complexity index is 980. The highest BCUT2D eigenvalue weighted by molar-refractivity contribution is 6.02. The van der Waals surface area contributed by atoms with Gasteiger partial charge in [0, 0.05) is 50.1 Å². The van der Waals surface area contributed by atoms with E-state index in [1.54, 1.807) is 0 Å². The van der Waals surface area contributed by atoms with E-state index in [-0.39, 0.29) is 17.7 Å². The van der Waals surface area contributed by atoms with Crippen LogP contribution in [0.15, 0.2) is 48.5 Å². The number of rotatable bonds is 11. The van der Waals surface area contributed by atoms with E-state index < -0.39 is 0 Å². The lowest BCUT2D eigenvalue weighted by atomic mass is 9.89.